The van der Waals surface area contributed by atoms with Gasteiger partial charge in [-0.1, -0.05) is 22.0 Å². The van der Waals surface area contributed by atoms with Crippen LogP contribution in [0.3, 0.4) is 0 Å². The number of hydrogen-bond donors (Lipinski definition) is 3. The molecule has 1 unspecified atom stereocenters. The molecule has 0 saturated heterocycles. The average molecular weight is 482 g/mol. The number of carbonyl (C=O) groups excluding carboxylic acids is 1. The van der Waals surface area contributed by atoms with Crippen LogP contribution in [0.2, 0.25) is 0 Å². The Morgan fingerprint density at radius 1 is 1.48 bits per heavy atom. The summed E-state index contributed by atoms with van der Waals surface area (Å²) < 4.78 is 19.5. The van der Waals surface area contributed by atoms with E-state index in [1.54, 1.807) is 19.2 Å². The number of aliphatic imine (C=N–C) groups is 1. The largest absolute Gasteiger partial charge is 0.463 e. The summed E-state index contributed by atoms with van der Waals surface area (Å²) in [5.74, 6) is -0.322. The summed E-state index contributed by atoms with van der Waals surface area (Å²) >= 11 is 4.83. The molecule has 7 nitrogen and oxygen atoms in total. The molecule has 3 rings (SSSR count). The number of nitrogens with two attached hydrogens (primary N) is 1. The normalized spacial score (nSPS) is 16.4. The van der Waals surface area contributed by atoms with Gasteiger partial charge in [0, 0.05) is 41.4 Å². The van der Waals surface area contributed by atoms with E-state index >= 15 is 0 Å². The molecule has 0 amide bonds. The monoisotopic (exact) mass is 481 g/mol. The summed E-state index contributed by atoms with van der Waals surface area (Å²) in [4.78, 5) is 21.9. The van der Waals surface area contributed by atoms with Gasteiger partial charge in [0.15, 0.2) is 10.8 Å². The number of nitrogens with one attached hydrogen (secondary N) is 2. The maximum absolute atomic E-state index is 13.7. The van der Waals surface area contributed by atoms with Crippen LogP contribution in [0.5, 0.6) is 0 Å². The van der Waals surface area contributed by atoms with Crippen molar-refractivity contribution in [1.29, 1.82) is 0 Å². The molecule has 0 aliphatic carbocycles. The van der Waals surface area contributed by atoms with E-state index in [1.807, 2.05) is 5.38 Å². The van der Waals surface area contributed by atoms with Gasteiger partial charge in [-0.05, 0) is 24.6 Å². The zero-order valence-corrected chi connectivity index (χ0v) is 18.1. The Labute approximate surface area is 180 Å². The smallest absolute Gasteiger partial charge is 0.338 e. The van der Waals surface area contributed by atoms with Gasteiger partial charge in [-0.3, -0.25) is 4.99 Å². The van der Waals surface area contributed by atoms with Crippen LogP contribution in [0, 0.1) is 5.82 Å². The third-order valence-corrected chi connectivity index (χ3v) is 5.60. The lowest BCUT2D eigenvalue weighted by molar-refractivity contribution is -0.139. The van der Waals surface area contributed by atoms with E-state index in [1.165, 1.54) is 23.5 Å². The van der Waals surface area contributed by atoms with E-state index < -0.39 is 12.0 Å². The van der Waals surface area contributed by atoms with E-state index in [9.17, 15) is 9.18 Å². The number of aromatic nitrogens is 1. The summed E-state index contributed by atoms with van der Waals surface area (Å²) in [5.41, 5.74) is 7.22. The second kappa shape index (κ2) is 10.1. The lowest BCUT2D eigenvalue weighted by atomic mass is 9.95. The molecule has 1 aromatic carbocycles. The van der Waals surface area contributed by atoms with Gasteiger partial charge in [-0.25, -0.2) is 14.2 Å². The van der Waals surface area contributed by atoms with Crippen LogP contribution in [0.25, 0.3) is 0 Å². The molecule has 0 radical (unpaired) electrons. The molecule has 1 atom stereocenters. The number of esters is 1. The van der Waals surface area contributed by atoms with Crippen LogP contribution < -0.4 is 16.4 Å². The van der Waals surface area contributed by atoms with E-state index in [2.05, 4.69) is 31.5 Å². The Morgan fingerprint density at radius 3 is 2.97 bits per heavy atom. The zero-order chi connectivity index (χ0) is 20.8. The number of ether oxygens (including phenoxy) is 1. The maximum Gasteiger partial charge on any atom is 0.338 e. The standard InChI is InChI=1S/C19H21BrFN5O2S/c1-2-28-19(27)15-14(10-23-6-5-22)25-17(18-24-7-8-29-18)26-16(15)12-4-3-11(21)9-13(12)20/h3-4,7-9,16,23H,2,5-6,10,22H2,1H3,(H,25,26). The number of carbonyl (C=O) groups is 1. The Bertz CT molecular complexity index is 933. The van der Waals surface area contributed by atoms with Gasteiger partial charge >= 0.3 is 5.97 Å². The zero-order valence-electron chi connectivity index (χ0n) is 15.7. The second-order valence-electron chi connectivity index (χ2n) is 6.09. The van der Waals surface area contributed by atoms with Crippen molar-refractivity contribution in [3.63, 3.8) is 0 Å². The lowest BCUT2D eigenvalue weighted by Crippen LogP contribution is -2.39. The minimum absolute atomic E-state index is 0.228. The van der Waals surface area contributed by atoms with Crippen LogP contribution in [-0.2, 0) is 9.53 Å². The number of halogens is 2. The van der Waals surface area contributed by atoms with Crippen LogP contribution in [0.1, 0.15) is 23.5 Å². The summed E-state index contributed by atoms with van der Waals surface area (Å²) in [6.07, 6.45) is 1.68. The highest BCUT2D eigenvalue weighted by molar-refractivity contribution is 9.10. The molecule has 0 bridgehead atoms. The first-order chi connectivity index (χ1) is 14.0. The predicted molar refractivity (Wildman–Crippen MR) is 114 cm³/mol. The molecule has 154 valence electrons. The Kier molecular flexibility index (Phi) is 7.48. The van der Waals surface area contributed by atoms with Gasteiger partial charge in [0.05, 0.1) is 12.2 Å². The van der Waals surface area contributed by atoms with Crippen molar-refractivity contribution in [3.05, 3.63) is 61.9 Å². The van der Waals surface area contributed by atoms with Crippen LogP contribution in [-0.4, -0.2) is 43.0 Å². The predicted octanol–water partition coefficient (Wildman–Crippen LogP) is 2.50. The van der Waals surface area contributed by atoms with Gasteiger partial charge in [0.2, 0.25) is 0 Å². The SMILES string of the molecule is CCOC(=O)C1=C(CNCCN)NC(c2nccs2)=NC1c1ccc(F)cc1Br. The Morgan fingerprint density at radius 2 is 2.31 bits per heavy atom. The Balaban J connectivity index is 2.11. The molecule has 0 fully saturated rings. The second-order valence-corrected chi connectivity index (χ2v) is 7.84. The molecular weight excluding hydrogens is 461 g/mol. The average Bonchev–Trinajstić information content (AvgIpc) is 3.22. The van der Waals surface area contributed by atoms with Crippen LogP contribution >= 0.6 is 27.3 Å². The first-order valence-corrected chi connectivity index (χ1v) is 10.7. The maximum atomic E-state index is 13.7. The van der Waals surface area contributed by atoms with Gasteiger partial charge < -0.3 is 21.1 Å². The number of nitrogens with zero attached hydrogens (tertiary/aromatic N) is 2. The fraction of sp³-hybridized carbons (Fsp3) is 0.316. The lowest BCUT2D eigenvalue weighted by Gasteiger charge is -2.27. The molecule has 2 heterocycles. The van der Waals surface area contributed by atoms with Crippen LogP contribution in [0.4, 0.5) is 4.39 Å². The number of benzene rings is 1. The fourth-order valence-electron chi connectivity index (χ4n) is 2.90. The molecular formula is C19H21BrFN5O2S. The fourth-order valence-corrected chi connectivity index (χ4v) is 4.05. The minimum atomic E-state index is -0.682. The molecule has 1 aliphatic heterocycles. The van der Waals surface area contributed by atoms with E-state index in [4.69, 9.17) is 15.5 Å². The van der Waals surface area contributed by atoms with Gasteiger partial charge in [0.1, 0.15) is 11.9 Å². The first kappa shape index (κ1) is 21.6. The van der Waals surface area contributed by atoms with Crippen molar-refractivity contribution in [2.24, 2.45) is 10.7 Å². The van der Waals surface area contributed by atoms with Crippen molar-refractivity contribution < 1.29 is 13.9 Å². The molecule has 1 aromatic heterocycles. The van der Waals surface area contributed by atoms with Crippen molar-refractivity contribution >= 4 is 39.1 Å². The molecule has 4 N–H and O–H groups in total. The topological polar surface area (TPSA) is 102 Å². The first-order valence-electron chi connectivity index (χ1n) is 9.05. The molecule has 0 saturated carbocycles. The highest BCUT2D eigenvalue weighted by atomic mass is 79.9. The highest BCUT2D eigenvalue weighted by Crippen LogP contribution is 2.36. The Hall–Kier alpha value is -2.14. The van der Waals surface area contributed by atoms with E-state index in [0.29, 0.717) is 51.8 Å². The number of thiazole rings is 1. The van der Waals surface area contributed by atoms with Crippen molar-refractivity contribution in [3.8, 4) is 0 Å². The van der Waals surface area contributed by atoms with Crippen molar-refractivity contribution in [2.45, 2.75) is 13.0 Å². The third kappa shape index (κ3) is 5.08. The molecule has 0 spiro atoms. The quantitative estimate of drug-likeness (QED) is 0.395. The number of rotatable bonds is 8. The summed E-state index contributed by atoms with van der Waals surface area (Å²) in [5, 5.41) is 8.95. The van der Waals surface area contributed by atoms with Crippen molar-refractivity contribution in [2.75, 3.05) is 26.2 Å². The van der Waals surface area contributed by atoms with Gasteiger partial charge in [-0.15, -0.1) is 11.3 Å². The van der Waals surface area contributed by atoms with Gasteiger partial charge in [0.25, 0.3) is 0 Å². The van der Waals surface area contributed by atoms with E-state index in [-0.39, 0.29) is 12.4 Å². The van der Waals surface area contributed by atoms with Crippen LogP contribution in [0.15, 0.2) is 50.5 Å². The summed E-state index contributed by atoms with van der Waals surface area (Å²) in [7, 11) is 0. The minimum Gasteiger partial charge on any atom is -0.463 e. The number of amidine groups is 1. The summed E-state index contributed by atoms with van der Waals surface area (Å²) in [6, 6.07) is 3.63. The molecule has 29 heavy (non-hydrogen) atoms. The highest BCUT2D eigenvalue weighted by Gasteiger charge is 2.33. The molecule has 1 aliphatic rings. The number of hydrogen-bond acceptors (Lipinski definition) is 8. The van der Waals surface area contributed by atoms with Crippen molar-refractivity contribution in [1.82, 2.24) is 15.6 Å². The third-order valence-electron chi connectivity index (χ3n) is 4.14. The molecule has 10 heteroatoms. The van der Waals surface area contributed by atoms with Gasteiger partial charge in [-0.2, -0.15) is 0 Å². The molecule has 2 aromatic rings. The van der Waals surface area contributed by atoms with E-state index in [0.717, 1.165) is 0 Å². The summed E-state index contributed by atoms with van der Waals surface area (Å²) in [6.45, 7) is 3.38.